The molecule has 23 heavy (non-hydrogen) atoms. The number of halogens is 3. The van der Waals surface area contributed by atoms with Gasteiger partial charge in [-0.15, -0.1) is 0 Å². The summed E-state index contributed by atoms with van der Waals surface area (Å²) in [6, 6.07) is 10.9. The van der Waals surface area contributed by atoms with Gasteiger partial charge in [-0.1, -0.05) is 18.2 Å². The van der Waals surface area contributed by atoms with Crippen molar-refractivity contribution in [3.8, 4) is 5.75 Å². The number of hydrogen-bond acceptors (Lipinski definition) is 4. The van der Waals surface area contributed by atoms with Crippen molar-refractivity contribution in [1.82, 2.24) is 0 Å². The summed E-state index contributed by atoms with van der Waals surface area (Å²) in [5.74, 6) is -0.420. The van der Waals surface area contributed by atoms with Crippen LogP contribution in [0.4, 0.5) is 24.5 Å². The SMILES string of the molecule is O=S(=O)(Nc1ccc(O)c(NCC(F)(F)F)c1)c1ccccc1. The summed E-state index contributed by atoms with van der Waals surface area (Å²) >= 11 is 0. The molecule has 0 spiro atoms. The van der Waals surface area contributed by atoms with Crippen LogP contribution in [-0.4, -0.2) is 26.2 Å². The van der Waals surface area contributed by atoms with Gasteiger partial charge in [-0.3, -0.25) is 4.72 Å². The van der Waals surface area contributed by atoms with Gasteiger partial charge in [0.2, 0.25) is 0 Å². The number of alkyl halides is 3. The standard InChI is InChI=1S/C14H13F3N2O3S/c15-14(16,17)9-18-12-8-10(6-7-13(12)20)19-23(21,22)11-4-2-1-3-5-11/h1-8,18-20H,9H2. The highest BCUT2D eigenvalue weighted by Gasteiger charge is 2.27. The van der Waals surface area contributed by atoms with Crippen LogP contribution in [0.15, 0.2) is 53.4 Å². The van der Waals surface area contributed by atoms with Gasteiger partial charge in [-0.05, 0) is 30.3 Å². The number of aromatic hydroxyl groups is 1. The highest BCUT2D eigenvalue weighted by Crippen LogP contribution is 2.29. The van der Waals surface area contributed by atoms with Crippen molar-refractivity contribution >= 4 is 21.4 Å². The minimum atomic E-state index is -4.47. The van der Waals surface area contributed by atoms with E-state index < -0.39 is 28.5 Å². The van der Waals surface area contributed by atoms with Crippen LogP contribution in [0, 0.1) is 0 Å². The lowest BCUT2D eigenvalue weighted by Gasteiger charge is -2.13. The number of phenols is 1. The first-order valence-corrected chi connectivity index (χ1v) is 7.87. The topological polar surface area (TPSA) is 78.4 Å². The molecule has 0 radical (unpaired) electrons. The zero-order chi connectivity index (χ0) is 17.1. The van der Waals surface area contributed by atoms with Crippen LogP contribution >= 0.6 is 0 Å². The first-order chi connectivity index (χ1) is 10.7. The lowest BCUT2D eigenvalue weighted by Crippen LogP contribution is -2.21. The molecule has 5 nitrogen and oxygen atoms in total. The average Bonchev–Trinajstić information content (AvgIpc) is 2.47. The van der Waals surface area contributed by atoms with E-state index in [2.05, 4.69) is 4.72 Å². The maximum absolute atomic E-state index is 12.2. The van der Waals surface area contributed by atoms with Crippen LogP contribution in [-0.2, 0) is 10.0 Å². The Balaban J connectivity index is 2.21. The molecule has 0 aliphatic carbocycles. The number of sulfonamides is 1. The Kier molecular flexibility index (Phi) is 4.69. The second-order valence-electron chi connectivity index (χ2n) is 4.62. The Hall–Kier alpha value is -2.42. The Morgan fingerprint density at radius 2 is 1.70 bits per heavy atom. The Bertz CT molecular complexity index is 778. The van der Waals surface area contributed by atoms with Crippen LogP contribution in [0.25, 0.3) is 0 Å². The fourth-order valence-corrected chi connectivity index (χ4v) is 2.82. The maximum Gasteiger partial charge on any atom is 0.405 e. The summed E-state index contributed by atoms with van der Waals surface area (Å²) < 4.78 is 63.2. The molecule has 0 saturated carbocycles. The monoisotopic (exact) mass is 346 g/mol. The number of hydrogen-bond donors (Lipinski definition) is 3. The molecule has 2 aromatic rings. The van der Waals surface area contributed by atoms with Gasteiger partial charge in [0, 0.05) is 0 Å². The molecule has 9 heteroatoms. The van der Waals surface area contributed by atoms with Crippen molar-refractivity contribution < 1.29 is 26.7 Å². The number of rotatable bonds is 5. The van der Waals surface area contributed by atoms with Crippen LogP contribution in [0.2, 0.25) is 0 Å². The van der Waals surface area contributed by atoms with Gasteiger partial charge in [-0.2, -0.15) is 13.2 Å². The molecule has 0 saturated heterocycles. The molecule has 0 amide bonds. The lowest BCUT2D eigenvalue weighted by atomic mass is 10.2. The first-order valence-electron chi connectivity index (χ1n) is 6.39. The quantitative estimate of drug-likeness (QED) is 0.574. The molecule has 2 aromatic carbocycles. The first kappa shape index (κ1) is 16.9. The summed E-state index contributed by atoms with van der Waals surface area (Å²) in [7, 11) is -3.87. The normalized spacial score (nSPS) is 12.0. The van der Waals surface area contributed by atoms with E-state index in [0.717, 1.165) is 12.1 Å². The van der Waals surface area contributed by atoms with Crippen LogP contribution in [0.3, 0.4) is 0 Å². The van der Waals surface area contributed by atoms with Crippen molar-refractivity contribution in [3.05, 3.63) is 48.5 Å². The Morgan fingerprint density at radius 1 is 1.04 bits per heavy atom. The van der Waals surface area contributed by atoms with E-state index in [-0.39, 0.29) is 16.3 Å². The van der Waals surface area contributed by atoms with Crippen molar-refractivity contribution in [1.29, 1.82) is 0 Å². The minimum absolute atomic E-state index is 0.0119. The van der Waals surface area contributed by atoms with Crippen molar-refractivity contribution in [2.45, 2.75) is 11.1 Å². The molecule has 0 unspecified atom stereocenters. The van der Waals surface area contributed by atoms with Gasteiger partial charge in [0.15, 0.2) is 0 Å². The fourth-order valence-electron chi connectivity index (χ4n) is 1.75. The summed E-state index contributed by atoms with van der Waals surface area (Å²) in [5.41, 5.74) is -0.202. The van der Waals surface area contributed by atoms with Gasteiger partial charge in [0.25, 0.3) is 10.0 Å². The van der Waals surface area contributed by atoms with Crippen molar-refractivity contribution in [2.75, 3.05) is 16.6 Å². The molecule has 3 N–H and O–H groups in total. The number of benzene rings is 2. The van der Waals surface area contributed by atoms with Gasteiger partial charge in [0.05, 0.1) is 16.3 Å². The van der Waals surface area contributed by atoms with Gasteiger partial charge in [-0.25, -0.2) is 8.42 Å². The van der Waals surface area contributed by atoms with E-state index in [1.165, 1.54) is 18.2 Å². The predicted molar refractivity (Wildman–Crippen MR) is 79.9 cm³/mol. The maximum atomic E-state index is 12.2. The van der Waals surface area contributed by atoms with E-state index >= 15 is 0 Å². The predicted octanol–water partition coefficient (Wildman–Crippen LogP) is 3.17. The van der Waals surface area contributed by atoms with Crippen molar-refractivity contribution in [2.24, 2.45) is 0 Å². The Labute approximate surface area is 130 Å². The molecule has 0 bridgehead atoms. The smallest absolute Gasteiger partial charge is 0.405 e. The zero-order valence-corrected chi connectivity index (χ0v) is 12.4. The van der Waals surface area contributed by atoms with Crippen molar-refractivity contribution in [3.63, 3.8) is 0 Å². The molecular weight excluding hydrogens is 333 g/mol. The molecule has 0 heterocycles. The third-order valence-electron chi connectivity index (χ3n) is 2.78. The molecule has 0 aliphatic rings. The number of phenolic OH excluding ortho intramolecular Hbond substituents is 1. The summed E-state index contributed by atoms with van der Waals surface area (Å²) in [6.07, 6.45) is -4.47. The average molecular weight is 346 g/mol. The third-order valence-corrected chi connectivity index (χ3v) is 4.18. The second-order valence-corrected chi connectivity index (χ2v) is 6.30. The van der Waals surface area contributed by atoms with Crippen LogP contribution < -0.4 is 10.0 Å². The molecule has 2 rings (SSSR count). The van der Waals surface area contributed by atoms with E-state index in [1.807, 2.05) is 5.32 Å². The molecule has 0 aromatic heterocycles. The third kappa shape index (κ3) is 4.78. The summed E-state index contributed by atoms with van der Waals surface area (Å²) in [4.78, 5) is 0.0119. The number of nitrogens with one attached hydrogen (secondary N) is 2. The van der Waals surface area contributed by atoms with E-state index in [0.29, 0.717) is 0 Å². The van der Waals surface area contributed by atoms with Crippen LogP contribution in [0.5, 0.6) is 5.75 Å². The molecule has 0 atom stereocenters. The molecule has 0 fully saturated rings. The van der Waals surface area contributed by atoms with Gasteiger partial charge >= 0.3 is 6.18 Å². The highest BCUT2D eigenvalue weighted by atomic mass is 32.2. The minimum Gasteiger partial charge on any atom is -0.506 e. The second kappa shape index (κ2) is 6.37. The largest absolute Gasteiger partial charge is 0.506 e. The zero-order valence-electron chi connectivity index (χ0n) is 11.6. The van der Waals surface area contributed by atoms with E-state index in [4.69, 9.17) is 0 Å². The van der Waals surface area contributed by atoms with Gasteiger partial charge < -0.3 is 10.4 Å². The molecule has 0 aliphatic heterocycles. The highest BCUT2D eigenvalue weighted by molar-refractivity contribution is 7.92. The number of anilines is 2. The summed E-state index contributed by atoms with van der Waals surface area (Å²) in [5, 5.41) is 11.5. The summed E-state index contributed by atoms with van der Waals surface area (Å²) in [6.45, 7) is -1.35. The lowest BCUT2D eigenvalue weighted by molar-refractivity contribution is -0.115. The van der Waals surface area contributed by atoms with Gasteiger partial charge in [0.1, 0.15) is 12.3 Å². The molecule has 124 valence electrons. The Morgan fingerprint density at radius 3 is 2.30 bits per heavy atom. The van der Waals surface area contributed by atoms with E-state index in [9.17, 15) is 26.7 Å². The van der Waals surface area contributed by atoms with E-state index in [1.54, 1.807) is 18.2 Å². The molecular formula is C14H13F3N2O3S. The van der Waals surface area contributed by atoms with Crippen LogP contribution in [0.1, 0.15) is 0 Å². The fraction of sp³-hybridized carbons (Fsp3) is 0.143.